The Balaban J connectivity index is 3.62. The van der Waals surface area contributed by atoms with Crippen LogP contribution in [0.1, 0.15) is 6.92 Å². The van der Waals surface area contributed by atoms with Gasteiger partial charge in [-0.05, 0) is 6.92 Å². The SMILES string of the molecule is CCOC(F)=C(F)F. The van der Waals surface area contributed by atoms with Crippen molar-refractivity contribution in [3.63, 3.8) is 0 Å². The standard InChI is InChI=1S/C4H5F3O/c1-2-8-4(7)3(5)6/h2H2,1H3. The average Bonchev–Trinajstić information content (AvgIpc) is 1.67. The second kappa shape index (κ2) is 3.35. The van der Waals surface area contributed by atoms with Crippen LogP contribution < -0.4 is 0 Å². The largest absolute Gasteiger partial charge is 0.467 e. The number of hydrogen-bond acceptors (Lipinski definition) is 1. The second-order valence-corrected chi connectivity index (χ2v) is 0.967. The summed E-state index contributed by atoms with van der Waals surface area (Å²) in [6.45, 7) is 1.34. The van der Waals surface area contributed by atoms with E-state index in [0.29, 0.717) is 0 Å². The average molecular weight is 126 g/mol. The molecule has 48 valence electrons. The van der Waals surface area contributed by atoms with E-state index < -0.39 is 12.1 Å². The molecule has 0 N–H and O–H groups in total. The minimum Gasteiger partial charge on any atom is -0.467 e. The van der Waals surface area contributed by atoms with Gasteiger partial charge < -0.3 is 4.74 Å². The van der Waals surface area contributed by atoms with Crippen LogP contribution in [0, 0.1) is 0 Å². The smallest absolute Gasteiger partial charge is 0.342 e. The van der Waals surface area contributed by atoms with E-state index in [9.17, 15) is 13.2 Å². The quantitative estimate of drug-likeness (QED) is 0.514. The molecule has 0 saturated heterocycles. The van der Waals surface area contributed by atoms with Crippen molar-refractivity contribution in [1.29, 1.82) is 0 Å². The van der Waals surface area contributed by atoms with Gasteiger partial charge in [0.25, 0.3) is 0 Å². The van der Waals surface area contributed by atoms with Gasteiger partial charge in [-0.1, -0.05) is 0 Å². The van der Waals surface area contributed by atoms with Crippen LogP contribution in [0.4, 0.5) is 13.2 Å². The Hall–Kier alpha value is -0.670. The predicted molar refractivity (Wildman–Crippen MR) is 22.0 cm³/mol. The summed E-state index contributed by atoms with van der Waals surface area (Å²) in [6, 6.07) is -1.78. The number of hydrogen-bond donors (Lipinski definition) is 0. The van der Waals surface area contributed by atoms with E-state index in [-0.39, 0.29) is 6.61 Å². The van der Waals surface area contributed by atoms with E-state index in [2.05, 4.69) is 4.74 Å². The molecule has 0 fully saturated rings. The van der Waals surface area contributed by atoms with Crippen molar-refractivity contribution in [3.05, 3.63) is 12.1 Å². The van der Waals surface area contributed by atoms with Gasteiger partial charge in [0.05, 0.1) is 6.61 Å². The van der Waals surface area contributed by atoms with Gasteiger partial charge in [0.15, 0.2) is 0 Å². The lowest BCUT2D eigenvalue weighted by Gasteiger charge is -1.93. The first-order chi connectivity index (χ1) is 3.68. The van der Waals surface area contributed by atoms with Crippen LogP contribution in [0.15, 0.2) is 12.1 Å². The third kappa shape index (κ3) is 2.49. The molecule has 1 nitrogen and oxygen atoms in total. The molecule has 0 aromatic rings. The van der Waals surface area contributed by atoms with Gasteiger partial charge in [-0.3, -0.25) is 0 Å². The highest BCUT2D eigenvalue weighted by Gasteiger charge is 2.02. The molecular weight excluding hydrogens is 121 g/mol. The zero-order valence-electron chi connectivity index (χ0n) is 4.25. The van der Waals surface area contributed by atoms with E-state index in [0.717, 1.165) is 0 Å². The van der Waals surface area contributed by atoms with Crippen LogP contribution >= 0.6 is 0 Å². The maximum Gasteiger partial charge on any atom is 0.342 e. The van der Waals surface area contributed by atoms with Crippen molar-refractivity contribution in [2.75, 3.05) is 6.61 Å². The Bertz CT molecular complexity index is 95.5. The van der Waals surface area contributed by atoms with E-state index >= 15 is 0 Å². The Labute approximate surface area is 44.8 Å². The van der Waals surface area contributed by atoms with Crippen molar-refractivity contribution in [2.45, 2.75) is 6.92 Å². The molecule has 0 aliphatic carbocycles. The Kier molecular flexibility index (Phi) is 3.07. The molecule has 0 aliphatic heterocycles. The molecule has 0 amide bonds. The number of ether oxygens (including phenoxy) is 1. The first-order valence-corrected chi connectivity index (χ1v) is 2.02. The van der Waals surface area contributed by atoms with Crippen LogP contribution in [0.25, 0.3) is 0 Å². The predicted octanol–water partition coefficient (Wildman–Crippen LogP) is 2.06. The molecule has 0 heterocycles. The van der Waals surface area contributed by atoms with E-state index in [4.69, 9.17) is 0 Å². The van der Waals surface area contributed by atoms with Gasteiger partial charge >= 0.3 is 12.1 Å². The van der Waals surface area contributed by atoms with E-state index in [1.54, 1.807) is 0 Å². The minimum absolute atomic E-state index is 0.0802. The lowest BCUT2D eigenvalue weighted by atomic mass is 10.8. The van der Waals surface area contributed by atoms with Crippen LogP contribution in [-0.2, 0) is 4.74 Å². The molecule has 0 unspecified atom stereocenters. The summed E-state index contributed by atoms with van der Waals surface area (Å²) in [5, 5.41) is 0. The summed E-state index contributed by atoms with van der Waals surface area (Å²) in [5.74, 6) is 0. The number of halogens is 3. The highest BCUT2D eigenvalue weighted by molar-refractivity contribution is 4.79. The lowest BCUT2D eigenvalue weighted by molar-refractivity contribution is 0.129. The molecule has 0 atom stereocenters. The van der Waals surface area contributed by atoms with Crippen molar-refractivity contribution < 1.29 is 17.9 Å². The summed E-state index contributed by atoms with van der Waals surface area (Å²) in [4.78, 5) is 0. The lowest BCUT2D eigenvalue weighted by Crippen LogP contribution is -1.84. The first kappa shape index (κ1) is 7.33. The summed E-state index contributed by atoms with van der Waals surface area (Å²) in [6.07, 6.45) is -2.41. The highest BCUT2D eigenvalue weighted by Crippen LogP contribution is 2.08. The third-order valence-corrected chi connectivity index (χ3v) is 0.420. The fourth-order valence-corrected chi connectivity index (χ4v) is 0.181. The topological polar surface area (TPSA) is 9.23 Å². The van der Waals surface area contributed by atoms with Crippen LogP contribution in [0.5, 0.6) is 0 Å². The van der Waals surface area contributed by atoms with Crippen molar-refractivity contribution in [2.24, 2.45) is 0 Å². The molecule has 0 spiro atoms. The van der Waals surface area contributed by atoms with Crippen molar-refractivity contribution >= 4 is 0 Å². The summed E-state index contributed by atoms with van der Waals surface area (Å²) in [5.41, 5.74) is 0. The Morgan fingerprint density at radius 2 is 1.88 bits per heavy atom. The summed E-state index contributed by atoms with van der Waals surface area (Å²) < 4.78 is 37.2. The van der Waals surface area contributed by atoms with Gasteiger partial charge in [-0.15, -0.1) is 0 Å². The normalized spacial score (nSPS) is 8.50. The second-order valence-electron chi connectivity index (χ2n) is 0.967. The first-order valence-electron chi connectivity index (χ1n) is 2.02. The highest BCUT2D eigenvalue weighted by atomic mass is 19.3. The fourth-order valence-electron chi connectivity index (χ4n) is 0.181. The molecule has 0 bridgehead atoms. The fraction of sp³-hybridized carbons (Fsp3) is 0.500. The van der Waals surface area contributed by atoms with Crippen LogP contribution in [0.3, 0.4) is 0 Å². The molecule has 0 aromatic carbocycles. The molecule has 8 heavy (non-hydrogen) atoms. The van der Waals surface area contributed by atoms with Crippen LogP contribution in [-0.4, -0.2) is 6.61 Å². The van der Waals surface area contributed by atoms with Gasteiger partial charge in [0.1, 0.15) is 0 Å². The van der Waals surface area contributed by atoms with Gasteiger partial charge in [0.2, 0.25) is 0 Å². The molecular formula is C4H5F3O. The number of rotatable bonds is 2. The molecule has 0 saturated carbocycles. The molecule has 0 radical (unpaired) electrons. The maximum absolute atomic E-state index is 11.4. The van der Waals surface area contributed by atoms with E-state index in [1.165, 1.54) is 6.92 Å². The zero-order chi connectivity index (χ0) is 6.57. The van der Waals surface area contributed by atoms with Crippen LogP contribution in [0.2, 0.25) is 0 Å². The monoisotopic (exact) mass is 126 g/mol. The Morgan fingerprint density at radius 1 is 1.38 bits per heavy atom. The third-order valence-electron chi connectivity index (χ3n) is 0.420. The molecule has 0 rings (SSSR count). The van der Waals surface area contributed by atoms with Gasteiger partial charge in [-0.25, -0.2) is 0 Å². The minimum atomic E-state index is -2.41. The van der Waals surface area contributed by atoms with Crippen molar-refractivity contribution in [3.8, 4) is 0 Å². The zero-order valence-corrected chi connectivity index (χ0v) is 4.25. The summed E-state index contributed by atoms with van der Waals surface area (Å²) >= 11 is 0. The molecule has 0 aliphatic rings. The molecule has 0 aromatic heterocycles. The van der Waals surface area contributed by atoms with Crippen molar-refractivity contribution in [1.82, 2.24) is 0 Å². The maximum atomic E-state index is 11.4. The Morgan fingerprint density at radius 3 is 2.00 bits per heavy atom. The van der Waals surface area contributed by atoms with Gasteiger partial charge in [0, 0.05) is 0 Å². The van der Waals surface area contributed by atoms with Gasteiger partial charge in [-0.2, -0.15) is 13.2 Å². The van der Waals surface area contributed by atoms with E-state index in [1.807, 2.05) is 0 Å². The molecule has 4 heteroatoms. The summed E-state index contributed by atoms with van der Waals surface area (Å²) in [7, 11) is 0.